The first-order chi connectivity index (χ1) is 14.5. The number of halogens is 1. The van der Waals surface area contributed by atoms with E-state index in [1.807, 2.05) is 48.5 Å². The summed E-state index contributed by atoms with van der Waals surface area (Å²) in [5.74, 6) is 2.04. The number of benzene rings is 3. The van der Waals surface area contributed by atoms with Crippen LogP contribution in [-0.4, -0.2) is 11.5 Å². The predicted octanol–water partition coefficient (Wildman–Crippen LogP) is 6.63. The molecule has 3 aromatic carbocycles. The summed E-state index contributed by atoms with van der Waals surface area (Å²) in [6.07, 6.45) is 1.68. The van der Waals surface area contributed by atoms with E-state index in [2.05, 4.69) is 27.8 Å². The van der Waals surface area contributed by atoms with E-state index in [1.165, 1.54) is 6.07 Å². The molecule has 0 saturated heterocycles. The third-order valence-corrected chi connectivity index (χ3v) is 5.06. The second-order valence-electron chi connectivity index (χ2n) is 6.50. The average molecular weight is 469 g/mol. The van der Waals surface area contributed by atoms with Crippen LogP contribution in [0.15, 0.2) is 77.8 Å². The molecule has 154 valence electrons. The van der Waals surface area contributed by atoms with Gasteiger partial charge in [-0.25, -0.2) is 0 Å². The van der Waals surface area contributed by atoms with Gasteiger partial charge in [0.2, 0.25) is 0 Å². The average Bonchev–Trinajstić information content (AvgIpc) is 2.74. The lowest BCUT2D eigenvalue weighted by Crippen LogP contribution is -2.02. The number of nitrogens with zero attached hydrogens (tertiary/aromatic N) is 1. The van der Waals surface area contributed by atoms with Crippen molar-refractivity contribution in [2.45, 2.75) is 13.5 Å². The van der Waals surface area contributed by atoms with Crippen LogP contribution in [0.2, 0.25) is 0 Å². The van der Waals surface area contributed by atoms with Crippen molar-refractivity contribution in [3.63, 3.8) is 0 Å². The van der Waals surface area contributed by atoms with E-state index in [4.69, 9.17) is 9.47 Å². The number of ether oxygens (including phenoxy) is 2. The fraction of sp³-hybridized carbons (Fsp3) is 0.130. The molecule has 0 heterocycles. The van der Waals surface area contributed by atoms with Crippen molar-refractivity contribution in [3.8, 4) is 17.2 Å². The summed E-state index contributed by atoms with van der Waals surface area (Å²) in [6.45, 7) is 6.34. The molecule has 0 spiro atoms. The van der Waals surface area contributed by atoms with Gasteiger partial charge in [0, 0.05) is 29.9 Å². The number of nitro benzene ring substituents is 1. The van der Waals surface area contributed by atoms with Gasteiger partial charge in [-0.15, -0.1) is 0 Å². The van der Waals surface area contributed by atoms with Gasteiger partial charge >= 0.3 is 0 Å². The van der Waals surface area contributed by atoms with E-state index in [-0.39, 0.29) is 10.6 Å². The summed E-state index contributed by atoms with van der Waals surface area (Å²) in [7, 11) is 0. The smallest absolute Gasteiger partial charge is 0.274 e. The lowest BCUT2D eigenvalue weighted by atomic mass is 10.1. The summed E-state index contributed by atoms with van der Waals surface area (Å²) in [5, 5.41) is 14.3. The van der Waals surface area contributed by atoms with E-state index in [0.717, 1.165) is 15.7 Å². The van der Waals surface area contributed by atoms with Crippen LogP contribution in [0.4, 0.5) is 11.4 Å². The van der Waals surface area contributed by atoms with E-state index in [9.17, 15) is 10.1 Å². The van der Waals surface area contributed by atoms with Crippen LogP contribution >= 0.6 is 15.9 Å². The summed E-state index contributed by atoms with van der Waals surface area (Å²) in [4.78, 5) is 10.7. The molecule has 0 saturated carbocycles. The van der Waals surface area contributed by atoms with Crippen LogP contribution in [0.1, 0.15) is 11.1 Å². The van der Waals surface area contributed by atoms with Gasteiger partial charge in [0.05, 0.1) is 9.40 Å². The minimum atomic E-state index is -0.372. The van der Waals surface area contributed by atoms with Gasteiger partial charge < -0.3 is 14.8 Å². The molecule has 0 aliphatic carbocycles. The fourth-order valence-corrected chi connectivity index (χ4v) is 3.19. The molecule has 0 amide bonds. The van der Waals surface area contributed by atoms with Gasteiger partial charge in [-0.1, -0.05) is 30.9 Å². The number of anilines is 1. The van der Waals surface area contributed by atoms with Crippen molar-refractivity contribution in [1.82, 2.24) is 0 Å². The highest BCUT2D eigenvalue weighted by molar-refractivity contribution is 9.10. The molecule has 0 unspecified atom stereocenters. The first-order valence-electron chi connectivity index (χ1n) is 9.26. The first-order valence-corrected chi connectivity index (χ1v) is 10.0. The third kappa shape index (κ3) is 5.39. The minimum absolute atomic E-state index is 0.106. The molecule has 30 heavy (non-hydrogen) atoms. The van der Waals surface area contributed by atoms with E-state index in [0.29, 0.717) is 36.0 Å². The second kappa shape index (κ2) is 9.93. The Labute approximate surface area is 183 Å². The lowest BCUT2D eigenvalue weighted by Gasteiger charge is -2.12. The second-order valence-corrected chi connectivity index (χ2v) is 7.35. The van der Waals surface area contributed by atoms with Gasteiger partial charge in [-0.05, 0) is 58.7 Å². The Balaban J connectivity index is 1.64. The zero-order valence-corrected chi connectivity index (χ0v) is 18.0. The van der Waals surface area contributed by atoms with Crippen LogP contribution in [0.3, 0.4) is 0 Å². The number of hydrogen-bond acceptors (Lipinski definition) is 5. The molecule has 1 N–H and O–H groups in total. The van der Waals surface area contributed by atoms with Crippen molar-refractivity contribution < 1.29 is 14.4 Å². The molecule has 0 aromatic heterocycles. The fourth-order valence-electron chi connectivity index (χ4n) is 2.83. The number of rotatable bonds is 9. The molecule has 0 aliphatic heterocycles. The summed E-state index contributed by atoms with van der Waals surface area (Å²) in [5.41, 5.74) is 2.49. The van der Waals surface area contributed by atoms with Crippen molar-refractivity contribution in [1.29, 1.82) is 0 Å². The molecule has 7 heteroatoms. The summed E-state index contributed by atoms with van der Waals surface area (Å²) in [6, 6.07) is 18.2. The van der Waals surface area contributed by atoms with Crippen molar-refractivity contribution in [2.24, 2.45) is 0 Å². The van der Waals surface area contributed by atoms with Crippen LogP contribution in [-0.2, 0) is 6.54 Å². The van der Waals surface area contributed by atoms with Crippen LogP contribution in [0, 0.1) is 17.0 Å². The molecule has 3 aromatic rings. The zero-order chi connectivity index (χ0) is 21.5. The van der Waals surface area contributed by atoms with E-state index < -0.39 is 0 Å². The molecule has 6 nitrogen and oxygen atoms in total. The minimum Gasteiger partial charge on any atom is -0.488 e. The maximum absolute atomic E-state index is 11.1. The Bertz CT molecular complexity index is 1050. The molecule has 0 fully saturated rings. The normalized spacial score (nSPS) is 10.3. The maximum atomic E-state index is 11.1. The highest BCUT2D eigenvalue weighted by Gasteiger charge is 2.12. The van der Waals surface area contributed by atoms with Gasteiger partial charge in [-0.3, -0.25) is 10.1 Å². The maximum Gasteiger partial charge on any atom is 0.274 e. The topological polar surface area (TPSA) is 73.6 Å². The Morgan fingerprint density at radius 1 is 1.13 bits per heavy atom. The molecular formula is C23H21BrN2O4. The Hall–Kier alpha value is -3.32. The third-order valence-electron chi connectivity index (χ3n) is 4.40. The zero-order valence-electron chi connectivity index (χ0n) is 16.4. The number of nitrogens with one attached hydrogen (secondary N) is 1. The Morgan fingerprint density at radius 3 is 2.57 bits per heavy atom. The lowest BCUT2D eigenvalue weighted by molar-refractivity contribution is -0.385. The van der Waals surface area contributed by atoms with Crippen LogP contribution in [0.5, 0.6) is 17.2 Å². The molecule has 0 aliphatic rings. The Kier molecular flexibility index (Phi) is 7.08. The quantitative estimate of drug-likeness (QED) is 0.216. The van der Waals surface area contributed by atoms with Gasteiger partial charge in [-0.2, -0.15) is 0 Å². The molecular weight excluding hydrogens is 448 g/mol. The van der Waals surface area contributed by atoms with Gasteiger partial charge in [0.15, 0.2) is 0 Å². The first kappa shape index (κ1) is 21.4. The monoisotopic (exact) mass is 468 g/mol. The summed E-state index contributed by atoms with van der Waals surface area (Å²) < 4.78 is 12.3. The highest BCUT2D eigenvalue weighted by atomic mass is 79.9. The predicted molar refractivity (Wildman–Crippen MR) is 122 cm³/mol. The van der Waals surface area contributed by atoms with Crippen molar-refractivity contribution in [2.75, 3.05) is 11.9 Å². The number of hydrogen-bond donors (Lipinski definition) is 1. The summed E-state index contributed by atoms with van der Waals surface area (Å²) >= 11 is 3.45. The van der Waals surface area contributed by atoms with Crippen molar-refractivity contribution >= 4 is 27.3 Å². The standard InChI is InChI=1S/C23H21BrN2O4/c1-3-13-29-23-14-19(11-12-20(23)24)30-18-9-7-17(8-10-18)15-25-21-5-4-6-22(16(21)2)26(27)28/h3-12,14,25H,1,13,15H2,2H3. The Morgan fingerprint density at radius 2 is 1.87 bits per heavy atom. The molecule has 0 atom stereocenters. The number of nitro groups is 1. The highest BCUT2D eigenvalue weighted by Crippen LogP contribution is 2.32. The molecule has 3 rings (SSSR count). The largest absolute Gasteiger partial charge is 0.488 e. The molecule has 0 radical (unpaired) electrons. The van der Waals surface area contributed by atoms with Crippen LogP contribution in [0.25, 0.3) is 0 Å². The van der Waals surface area contributed by atoms with Crippen molar-refractivity contribution in [3.05, 3.63) is 99.0 Å². The van der Waals surface area contributed by atoms with E-state index >= 15 is 0 Å². The SMILES string of the molecule is C=CCOc1cc(Oc2ccc(CNc3cccc([N+](=O)[O-])c3C)cc2)ccc1Br. The van der Waals surface area contributed by atoms with Crippen LogP contribution < -0.4 is 14.8 Å². The van der Waals surface area contributed by atoms with Gasteiger partial charge in [0.1, 0.15) is 23.9 Å². The van der Waals surface area contributed by atoms with Gasteiger partial charge in [0.25, 0.3) is 5.69 Å². The molecule has 0 bridgehead atoms. The van der Waals surface area contributed by atoms with E-state index in [1.54, 1.807) is 19.1 Å².